The lowest BCUT2D eigenvalue weighted by molar-refractivity contribution is 0.0985. The van der Waals surface area contributed by atoms with Gasteiger partial charge in [0.25, 0.3) is 5.91 Å². The Morgan fingerprint density at radius 3 is 2.56 bits per heavy atom. The second kappa shape index (κ2) is 10.4. The SMILES string of the molecule is CCCCCOc1ccc(C(=O)N(Cc2ccccc2)c2nc3ccc(F)cc3s2)cc1. The van der Waals surface area contributed by atoms with E-state index in [0.29, 0.717) is 34.1 Å². The summed E-state index contributed by atoms with van der Waals surface area (Å²) in [6, 6.07) is 21.5. The van der Waals surface area contributed by atoms with Crippen LogP contribution in [0.25, 0.3) is 10.2 Å². The van der Waals surface area contributed by atoms with Crippen molar-refractivity contribution < 1.29 is 13.9 Å². The lowest BCUT2D eigenvalue weighted by Crippen LogP contribution is -2.30. The average molecular weight is 449 g/mol. The Hall–Kier alpha value is -3.25. The molecule has 0 fully saturated rings. The molecule has 32 heavy (non-hydrogen) atoms. The van der Waals surface area contributed by atoms with Crippen molar-refractivity contribution in [2.75, 3.05) is 11.5 Å². The number of unbranched alkanes of at least 4 members (excludes halogenated alkanes) is 2. The third-order valence-electron chi connectivity index (χ3n) is 5.12. The molecule has 164 valence electrons. The second-order valence-electron chi connectivity index (χ2n) is 7.57. The Balaban J connectivity index is 1.59. The number of benzene rings is 3. The van der Waals surface area contributed by atoms with Crippen molar-refractivity contribution in [3.8, 4) is 5.75 Å². The number of carbonyl (C=O) groups excluding carboxylic acids is 1. The number of anilines is 1. The largest absolute Gasteiger partial charge is 0.494 e. The van der Waals surface area contributed by atoms with E-state index in [4.69, 9.17) is 4.74 Å². The lowest BCUT2D eigenvalue weighted by Gasteiger charge is -2.20. The van der Waals surface area contributed by atoms with Gasteiger partial charge in [-0.25, -0.2) is 9.37 Å². The highest BCUT2D eigenvalue weighted by Crippen LogP contribution is 2.31. The molecule has 0 saturated carbocycles. The number of aromatic nitrogens is 1. The standard InChI is InChI=1S/C26H25FN2O2S/c1-2-3-7-16-31-22-13-10-20(11-14-22)25(30)29(18-19-8-5-4-6-9-19)26-28-23-15-12-21(27)17-24(23)32-26/h4-6,8-15,17H,2-3,7,16,18H2,1H3. The molecule has 0 aliphatic rings. The van der Waals surface area contributed by atoms with Gasteiger partial charge in [0.15, 0.2) is 5.13 Å². The number of halogens is 1. The third-order valence-corrected chi connectivity index (χ3v) is 6.16. The van der Waals surface area contributed by atoms with Gasteiger partial charge in [-0.3, -0.25) is 9.69 Å². The minimum absolute atomic E-state index is 0.161. The monoisotopic (exact) mass is 448 g/mol. The lowest BCUT2D eigenvalue weighted by atomic mass is 10.1. The molecule has 0 bridgehead atoms. The molecule has 4 rings (SSSR count). The number of fused-ring (bicyclic) bond motifs is 1. The zero-order chi connectivity index (χ0) is 22.3. The quantitative estimate of drug-likeness (QED) is 0.263. The van der Waals surface area contributed by atoms with Gasteiger partial charge in [0.05, 0.1) is 23.4 Å². The second-order valence-corrected chi connectivity index (χ2v) is 8.57. The third kappa shape index (κ3) is 5.32. The van der Waals surface area contributed by atoms with E-state index in [1.54, 1.807) is 23.1 Å². The number of hydrogen-bond donors (Lipinski definition) is 0. The van der Waals surface area contributed by atoms with Crippen LogP contribution in [-0.2, 0) is 6.54 Å². The number of hydrogen-bond acceptors (Lipinski definition) is 4. The first kappa shape index (κ1) is 22.0. The fourth-order valence-electron chi connectivity index (χ4n) is 3.39. The van der Waals surface area contributed by atoms with Crippen molar-refractivity contribution in [3.63, 3.8) is 0 Å². The zero-order valence-corrected chi connectivity index (χ0v) is 18.8. The Bertz CT molecular complexity index is 1180. The molecule has 0 unspecified atom stereocenters. The summed E-state index contributed by atoms with van der Waals surface area (Å²) in [5, 5.41) is 0.541. The van der Waals surface area contributed by atoms with E-state index in [9.17, 15) is 9.18 Å². The first-order valence-electron chi connectivity index (χ1n) is 10.8. The normalized spacial score (nSPS) is 10.9. The number of rotatable bonds is 9. The molecule has 3 aromatic carbocycles. The van der Waals surface area contributed by atoms with E-state index in [1.807, 2.05) is 42.5 Å². The van der Waals surface area contributed by atoms with Gasteiger partial charge >= 0.3 is 0 Å². The molecule has 1 heterocycles. The summed E-state index contributed by atoms with van der Waals surface area (Å²) in [5.41, 5.74) is 2.21. The molecule has 4 nitrogen and oxygen atoms in total. The zero-order valence-electron chi connectivity index (χ0n) is 18.0. The minimum Gasteiger partial charge on any atom is -0.494 e. The van der Waals surface area contributed by atoms with Crippen LogP contribution in [-0.4, -0.2) is 17.5 Å². The van der Waals surface area contributed by atoms with Crippen LogP contribution in [0.4, 0.5) is 9.52 Å². The maximum absolute atomic E-state index is 13.7. The number of nitrogens with zero attached hydrogens (tertiary/aromatic N) is 2. The first-order chi connectivity index (χ1) is 15.6. The predicted molar refractivity (Wildman–Crippen MR) is 128 cm³/mol. The van der Waals surface area contributed by atoms with E-state index in [-0.39, 0.29) is 11.7 Å². The van der Waals surface area contributed by atoms with Crippen molar-refractivity contribution in [3.05, 3.63) is 89.7 Å². The van der Waals surface area contributed by atoms with Crippen molar-refractivity contribution >= 4 is 32.6 Å². The number of carbonyl (C=O) groups is 1. The molecule has 0 aliphatic heterocycles. The van der Waals surface area contributed by atoms with Gasteiger partial charge in [0, 0.05) is 5.56 Å². The van der Waals surface area contributed by atoms with Crippen LogP contribution >= 0.6 is 11.3 Å². The van der Waals surface area contributed by atoms with E-state index in [0.717, 1.165) is 30.6 Å². The van der Waals surface area contributed by atoms with Gasteiger partial charge in [-0.15, -0.1) is 0 Å². The molecular formula is C26H25FN2O2S. The summed E-state index contributed by atoms with van der Waals surface area (Å²) < 4.78 is 20.1. The summed E-state index contributed by atoms with van der Waals surface area (Å²) in [4.78, 5) is 19.7. The van der Waals surface area contributed by atoms with Crippen LogP contribution in [0, 0.1) is 5.82 Å². The van der Waals surface area contributed by atoms with Gasteiger partial charge < -0.3 is 4.74 Å². The summed E-state index contributed by atoms with van der Waals surface area (Å²) in [7, 11) is 0. The van der Waals surface area contributed by atoms with E-state index >= 15 is 0 Å². The summed E-state index contributed by atoms with van der Waals surface area (Å²) in [5.74, 6) is 0.275. The van der Waals surface area contributed by atoms with Gasteiger partial charge in [-0.2, -0.15) is 0 Å². The van der Waals surface area contributed by atoms with Gasteiger partial charge in [-0.05, 0) is 54.4 Å². The molecule has 0 aliphatic carbocycles. The van der Waals surface area contributed by atoms with E-state index < -0.39 is 0 Å². The highest BCUT2D eigenvalue weighted by atomic mass is 32.1. The van der Waals surface area contributed by atoms with Crippen LogP contribution in [0.15, 0.2) is 72.8 Å². The number of thiazole rings is 1. The molecule has 6 heteroatoms. The first-order valence-corrected chi connectivity index (χ1v) is 11.6. The number of amides is 1. The molecule has 1 aromatic heterocycles. The topological polar surface area (TPSA) is 42.4 Å². The number of ether oxygens (including phenoxy) is 1. The van der Waals surface area contributed by atoms with Gasteiger partial charge in [0.1, 0.15) is 11.6 Å². The van der Waals surface area contributed by atoms with E-state index in [1.165, 1.54) is 23.5 Å². The highest BCUT2D eigenvalue weighted by Gasteiger charge is 2.22. The Morgan fingerprint density at radius 1 is 1.03 bits per heavy atom. The van der Waals surface area contributed by atoms with Crippen LogP contribution < -0.4 is 9.64 Å². The molecule has 0 saturated heterocycles. The average Bonchev–Trinajstić information content (AvgIpc) is 3.24. The van der Waals surface area contributed by atoms with Crippen molar-refractivity contribution in [2.45, 2.75) is 32.7 Å². The van der Waals surface area contributed by atoms with Crippen LogP contribution in [0.2, 0.25) is 0 Å². The molecular weight excluding hydrogens is 423 g/mol. The molecule has 1 amide bonds. The fourth-order valence-corrected chi connectivity index (χ4v) is 4.37. The maximum Gasteiger partial charge on any atom is 0.260 e. The van der Waals surface area contributed by atoms with Crippen molar-refractivity contribution in [1.29, 1.82) is 0 Å². The Labute approximate surface area is 191 Å². The molecule has 0 radical (unpaired) electrons. The maximum atomic E-state index is 13.7. The fraction of sp³-hybridized carbons (Fsp3) is 0.231. The predicted octanol–water partition coefficient (Wildman–Crippen LogP) is 6.85. The summed E-state index contributed by atoms with van der Waals surface area (Å²) in [6.07, 6.45) is 3.30. The highest BCUT2D eigenvalue weighted by molar-refractivity contribution is 7.22. The van der Waals surface area contributed by atoms with Crippen molar-refractivity contribution in [2.24, 2.45) is 0 Å². The minimum atomic E-state index is -0.317. The smallest absolute Gasteiger partial charge is 0.260 e. The molecule has 0 N–H and O–H groups in total. The molecule has 4 aromatic rings. The van der Waals surface area contributed by atoms with Crippen LogP contribution in [0.1, 0.15) is 42.1 Å². The van der Waals surface area contributed by atoms with Gasteiger partial charge in [-0.1, -0.05) is 61.4 Å². The van der Waals surface area contributed by atoms with Crippen LogP contribution in [0.3, 0.4) is 0 Å². The summed E-state index contributed by atoms with van der Waals surface area (Å²) in [6.45, 7) is 3.20. The van der Waals surface area contributed by atoms with Crippen LogP contribution in [0.5, 0.6) is 5.75 Å². The molecule has 0 spiro atoms. The molecule has 0 atom stereocenters. The van der Waals surface area contributed by atoms with Gasteiger partial charge in [0.2, 0.25) is 0 Å². The summed E-state index contributed by atoms with van der Waals surface area (Å²) >= 11 is 1.31. The van der Waals surface area contributed by atoms with Crippen molar-refractivity contribution in [1.82, 2.24) is 4.98 Å². The Kier molecular flexibility index (Phi) is 7.12. The Morgan fingerprint density at radius 2 is 1.81 bits per heavy atom. The van der Waals surface area contributed by atoms with E-state index in [2.05, 4.69) is 11.9 Å².